The average Bonchev–Trinajstić information content (AvgIpc) is 2.67. The molecule has 0 aromatic heterocycles. The van der Waals surface area contributed by atoms with Gasteiger partial charge in [0.25, 0.3) is 0 Å². The Morgan fingerprint density at radius 3 is 2.38 bits per heavy atom. The molecule has 0 N–H and O–H groups in total. The van der Waals surface area contributed by atoms with Crippen LogP contribution in [-0.2, 0) is 14.2 Å². The highest BCUT2D eigenvalue weighted by molar-refractivity contribution is 5.65. The van der Waals surface area contributed by atoms with Crippen molar-refractivity contribution >= 4 is 0 Å². The van der Waals surface area contributed by atoms with Gasteiger partial charge in [-0.1, -0.05) is 30.8 Å². The predicted octanol–water partition coefficient (Wildman–Crippen LogP) is 4.60. The summed E-state index contributed by atoms with van der Waals surface area (Å²) < 4.78 is 49.9. The van der Waals surface area contributed by atoms with Gasteiger partial charge in [0, 0.05) is 11.1 Å². The summed E-state index contributed by atoms with van der Waals surface area (Å²) in [6.07, 6.45) is 0.663. The lowest BCUT2D eigenvalue weighted by Crippen LogP contribution is -2.32. The summed E-state index contributed by atoms with van der Waals surface area (Å²) in [5, 5.41) is 0. The van der Waals surface area contributed by atoms with E-state index in [1.807, 2.05) is 0 Å². The first kappa shape index (κ1) is 18.4. The maximum atomic E-state index is 14.3. The first-order chi connectivity index (χ1) is 12.6. The van der Waals surface area contributed by atoms with Gasteiger partial charge < -0.3 is 18.9 Å². The van der Waals surface area contributed by atoms with Crippen LogP contribution in [0.5, 0.6) is 5.75 Å². The molecule has 0 atom stereocenters. The Hall–Kier alpha value is -2.44. The lowest BCUT2D eigenvalue weighted by atomic mass is 10.0. The van der Waals surface area contributed by atoms with Crippen molar-refractivity contribution in [2.24, 2.45) is 0 Å². The lowest BCUT2D eigenvalue weighted by molar-refractivity contribution is -0.221. The summed E-state index contributed by atoms with van der Waals surface area (Å²) in [4.78, 5) is 0. The minimum absolute atomic E-state index is 0.0920. The molecule has 6 heteroatoms. The molecule has 2 aromatic carbocycles. The minimum atomic E-state index is -0.986. The fraction of sp³-hybridized carbons (Fsp3) is 0.300. The highest BCUT2D eigenvalue weighted by Gasteiger charge is 2.24. The number of benzene rings is 2. The van der Waals surface area contributed by atoms with Crippen LogP contribution in [0.15, 0.2) is 49.2 Å². The van der Waals surface area contributed by atoms with Crippen molar-refractivity contribution in [1.29, 1.82) is 0 Å². The molecular weight excluding hydrogens is 342 g/mol. The number of rotatable bonds is 6. The van der Waals surface area contributed by atoms with E-state index in [0.29, 0.717) is 18.8 Å². The van der Waals surface area contributed by atoms with E-state index in [1.165, 1.54) is 18.4 Å². The third-order valence-electron chi connectivity index (χ3n) is 4.00. The van der Waals surface area contributed by atoms with Crippen molar-refractivity contribution < 1.29 is 27.7 Å². The topological polar surface area (TPSA) is 36.9 Å². The SMILES string of the molecule is C=COC1COC(c2ccc(-c3ccc(OCC)c(F)c3F)cc2)OC1. The van der Waals surface area contributed by atoms with Gasteiger partial charge in [0.2, 0.25) is 5.82 Å². The first-order valence-electron chi connectivity index (χ1n) is 8.34. The van der Waals surface area contributed by atoms with E-state index in [0.717, 1.165) is 5.56 Å². The molecule has 0 unspecified atom stereocenters. The zero-order chi connectivity index (χ0) is 18.5. The molecule has 0 spiro atoms. The summed E-state index contributed by atoms with van der Waals surface area (Å²) >= 11 is 0. The van der Waals surface area contributed by atoms with Crippen LogP contribution in [0.2, 0.25) is 0 Å². The Kier molecular flexibility index (Phi) is 5.85. The van der Waals surface area contributed by atoms with Gasteiger partial charge in [-0.05, 0) is 24.6 Å². The van der Waals surface area contributed by atoms with Gasteiger partial charge in [0.1, 0.15) is 6.10 Å². The lowest BCUT2D eigenvalue weighted by Gasteiger charge is -2.29. The fourth-order valence-electron chi connectivity index (χ4n) is 2.73. The van der Waals surface area contributed by atoms with Crippen LogP contribution in [0.1, 0.15) is 18.8 Å². The van der Waals surface area contributed by atoms with Gasteiger partial charge in [0.15, 0.2) is 17.9 Å². The second-order valence-corrected chi connectivity index (χ2v) is 5.72. The van der Waals surface area contributed by atoms with Crippen molar-refractivity contribution in [3.05, 3.63) is 66.4 Å². The Balaban J connectivity index is 1.74. The molecule has 0 amide bonds. The molecule has 0 saturated carbocycles. The van der Waals surface area contributed by atoms with Crippen LogP contribution in [-0.4, -0.2) is 25.9 Å². The first-order valence-corrected chi connectivity index (χ1v) is 8.34. The second-order valence-electron chi connectivity index (χ2n) is 5.72. The molecule has 1 aliphatic heterocycles. The third kappa shape index (κ3) is 3.86. The highest BCUT2D eigenvalue weighted by Crippen LogP contribution is 2.31. The molecule has 0 aliphatic carbocycles. The molecule has 2 aromatic rings. The molecule has 138 valence electrons. The maximum absolute atomic E-state index is 14.3. The Bertz CT molecular complexity index is 753. The van der Waals surface area contributed by atoms with Crippen LogP contribution in [0, 0.1) is 11.6 Å². The molecule has 0 radical (unpaired) electrons. The summed E-state index contributed by atoms with van der Waals surface area (Å²) in [7, 11) is 0. The summed E-state index contributed by atoms with van der Waals surface area (Å²) in [6, 6.07) is 9.87. The smallest absolute Gasteiger partial charge is 0.201 e. The molecular formula is C20H20F2O4. The fourth-order valence-corrected chi connectivity index (χ4v) is 2.73. The van der Waals surface area contributed by atoms with E-state index in [1.54, 1.807) is 31.2 Å². The Morgan fingerprint density at radius 1 is 1.08 bits per heavy atom. The van der Waals surface area contributed by atoms with E-state index >= 15 is 0 Å². The largest absolute Gasteiger partial charge is 0.494 e. The number of hydrogen-bond donors (Lipinski definition) is 0. The molecule has 3 rings (SSSR count). The van der Waals surface area contributed by atoms with E-state index in [4.69, 9.17) is 18.9 Å². The van der Waals surface area contributed by atoms with E-state index in [-0.39, 0.29) is 24.0 Å². The highest BCUT2D eigenvalue weighted by atomic mass is 19.2. The molecule has 0 bridgehead atoms. The van der Waals surface area contributed by atoms with E-state index in [2.05, 4.69) is 6.58 Å². The van der Waals surface area contributed by atoms with Crippen molar-refractivity contribution in [3.8, 4) is 16.9 Å². The van der Waals surface area contributed by atoms with E-state index in [9.17, 15) is 8.78 Å². The molecule has 1 saturated heterocycles. The molecule has 1 heterocycles. The second kappa shape index (κ2) is 8.29. The number of hydrogen-bond acceptors (Lipinski definition) is 4. The van der Waals surface area contributed by atoms with Crippen LogP contribution in [0.3, 0.4) is 0 Å². The predicted molar refractivity (Wildman–Crippen MR) is 92.7 cm³/mol. The van der Waals surface area contributed by atoms with Crippen LogP contribution in [0.4, 0.5) is 8.78 Å². The summed E-state index contributed by atoms with van der Waals surface area (Å²) in [5.41, 5.74) is 1.51. The molecule has 4 nitrogen and oxygen atoms in total. The number of ether oxygens (including phenoxy) is 4. The normalized spacial score (nSPS) is 19.8. The van der Waals surface area contributed by atoms with Crippen molar-refractivity contribution in [1.82, 2.24) is 0 Å². The van der Waals surface area contributed by atoms with E-state index < -0.39 is 17.9 Å². The quantitative estimate of drug-likeness (QED) is 0.704. The Labute approximate surface area is 150 Å². The minimum Gasteiger partial charge on any atom is -0.494 e. The summed E-state index contributed by atoms with van der Waals surface area (Å²) in [6.45, 7) is 6.25. The van der Waals surface area contributed by atoms with Crippen molar-refractivity contribution in [2.45, 2.75) is 19.3 Å². The summed E-state index contributed by atoms with van der Waals surface area (Å²) in [5.74, 6) is -2.01. The maximum Gasteiger partial charge on any atom is 0.201 e. The monoisotopic (exact) mass is 362 g/mol. The Morgan fingerprint density at radius 2 is 1.77 bits per heavy atom. The molecule has 26 heavy (non-hydrogen) atoms. The van der Waals surface area contributed by atoms with Gasteiger partial charge in [0.05, 0.1) is 26.1 Å². The zero-order valence-corrected chi connectivity index (χ0v) is 14.4. The van der Waals surface area contributed by atoms with Gasteiger partial charge in [-0.3, -0.25) is 0 Å². The zero-order valence-electron chi connectivity index (χ0n) is 14.4. The van der Waals surface area contributed by atoms with Crippen molar-refractivity contribution in [3.63, 3.8) is 0 Å². The average molecular weight is 362 g/mol. The van der Waals surface area contributed by atoms with Crippen LogP contribution >= 0.6 is 0 Å². The van der Waals surface area contributed by atoms with Crippen LogP contribution in [0.25, 0.3) is 11.1 Å². The van der Waals surface area contributed by atoms with Crippen LogP contribution < -0.4 is 4.74 Å². The van der Waals surface area contributed by atoms with Gasteiger partial charge in [-0.25, -0.2) is 4.39 Å². The van der Waals surface area contributed by atoms with Crippen molar-refractivity contribution in [2.75, 3.05) is 19.8 Å². The van der Waals surface area contributed by atoms with Gasteiger partial charge >= 0.3 is 0 Å². The number of halogens is 2. The standard InChI is InChI=1S/C20H20F2O4/c1-3-23-15-11-25-20(26-12-15)14-7-5-13(6-8-14)16-9-10-17(24-4-2)19(22)18(16)21/h3,5-10,15,20H,1,4,11-12H2,2H3. The van der Waals surface area contributed by atoms with Gasteiger partial charge in [-0.15, -0.1) is 0 Å². The van der Waals surface area contributed by atoms with Gasteiger partial charge in [-0.2, -0.15) is 4.39 Å². The third-order valence-corrected chi connectivity index (χ3v) is 4.00. The molecule has 1 fully saturated rings. The molecule has 1 aliphatic rings.